The van der Waals surface area contributed by atoms with E-state index in [0.29, 0.717) is 22.8 Å². The van der Waals surface area contributed by atoms with Gasteiger partial charge in [-0.2, -0.15) is 5.10 Å². The Morgan fingerprint density at radius 1 is 1.00 bits per heavy atom. The Morgan fingerprint density at radius 2 is 1.70 bits per heavy atom. The molecule has 0 aliphatic heterocycles. The number of amides is 1. The SMILES string of the molecule is COc1ccc2[nH]c(C)c(CC(=O)NN=Cc3cc(OC)c(OC)cc3OC)c2c1. The van der Waals surface area contributed by atoms with Crippen molar-refractivity contribution in [2.75, 3.05) is 28.4 Å². The van der Waals surface area contributed by atoms with Crippen LogP contribution in [0.15, 0.2) is 35.4 Å². The second-order valence-corrected chi connectivity index (χ2v) is 6.56. The van der Waals surface area contributed by atoms with Crippen LogP contribution in [-0.2, 0) is 11.2 Å². The highest BCUT2D eigenvalue weighted by atomic mass is 16.5. The lowest BCUT2D eigenvalue weighted by Gasteiger charge is -2.11. The van der Waals surface area contributed by atoms with Crippen LogP contribution in [0.3, 0.4) is 0 Å². The maximum absolute atomic E-state index is 12.5. The Bertz CT molecular complexity index is 1090. The quantitative estimate of drug-likeness (QED) is 0.439. The van der Waals surface area contributed by atoms with Crippen LogP contribution >= 0.6 is 0 Å². The summed E-state index contributed by atoms with van der Waals surface area (Å²) in [6.45, 7) is 1.94. The number of nitrogens with one attached hydrogen (secondary N) is 2. The molecule has 0 saturated carbocycles. The molecule has 8 nitrogen and oxygen atoms in total. The van der Waals surface area contributed by atoms with Gasteiger partial charge < -0.3 is 23.9 Å². The number of aromatic amines is 1. The third kappa shape index (κ3) is 4.32. The highest BCUT2D eigenvalue weighted by Crippen LogP contribution is 2.33. The number of hydrogen-bond donors (Lipinski definition) is 2. The van der Waals surface area contributed by atoms with Crippen LogP contribution in [0, 0.1) is 6.92 Å². The Hall–Kier alpha value is -3.68. The standard InChI is InChI=1S/C22H25N3O5/c1-13-16(17-9-15(27-2)6-7-18(17)24-13)10-22(26)25-23-12-14-8-20(29-4)21(30-5)11-19(14)28-3/h6-9,11-12,24H,10H2,1-5H3,(H,25,26). The number of methoxy groups -OCH3 is 4. The van der Waals surface area contributed by atoms with Gasteiger partial charge in [0, 0.05) is 28.2 Å². The van der Waals surface area contributed by atoms with Crippen LogP contribution in [0.1, 0.15) is 16.8 Å². The summed E-state index contributed by atoms with van der Waals surface area (Å²) in [6, 6.07) is 9.15. The van der Waals surface area contributed by atoms with Crippen molar-refractivity contribution in [2.24, 2.45) is 5.10 Å². The summed E-state index contributed by atoms with van der Waals surface area (Å²) < 4.78 is 21.2. The molecule has 0 aliphatic rings. The molecule has 0 unspecified atom stereocenters. The number of aryl methyl sites for hydroxylation is 1. The van der Waals surface area contributed by atoms with Crippen molar-refractivity contribution in [1.29, 1.82) is 0 Å². The number of aromatic nitrogens is 1. The van der Waals surface area contributed by atoms with Crippen LogP contribution < -0.4 is 24.4 Å². The molecule has 30 heavy (non-hydrogen) atoms. The zero-order valence-corrected chi connectivity index (χ0v) is 17.7. The number of rotatable bonds is 8. The highest BCUT2D eigenvalue weighted by molar-refractivity contribution is 5.91. The maximum atomic E-state index is 12.5. The molecule has 0 aliphatic carbocycles. The van der Waals surface area contributed by atoms with E-state index < -0.39 is 0 Å². The molecule has 0 bridgehead atoms. The summed E-state index contributed by atoms with van der Waals surface area (Å²) >= 11 is 0. The van der Waals surface area contributed by atoms with Crippen LogP contribution in [0.5, 0.6) is 23.0 Å². The molecule has 3 rings (SSSR count). The van der Waals surface area contributed by atoms with E-state index in [1.165, 1.54) is 6.21 Å². The third-order valence-corrected chi connectivity index (χ3v) is 4.79. The van der Waals surface area contributed by atoms with E-state index in [4.69, 9.17) is 18.9 Å². The molecule has 0 radical (unpaired) electrons. The summed E-state index contributed by atoms with van der Waals surface area (Å²) in [7, 11) is 6.26. The molecule has 3 aromatic rings. The number of nitrogens with zero attached hydrogens (tertiary/aromatic N) is 1. The largest absolute Gasteiger partial charge is 0.497 e. The second-order valence-electron chi connectivity index (χ2n) is 6.56. The molecule has 0 spiro atoms. The number of benzene rings is 2. The van der Waals surface area contributed by atoms with Gasteiger partial charge in [-0.05, 0) is 36.8 Å². The first-order valence-corrected chi connectivity index (χ1v) is 9.27. The fourth-order valence-corrected chi connectivity index (χ4v) is 3.24. The molecule has 2 N–H and O–H groups in total. The molecule has 0 saturated heterocycles. The van der Waals surface area contributed by atoms with Gasteiger partial charge in [0.15, 0.2) is 11.5 Å². The van der Waals surface area contributed by atoms with Crippen LogP contribution in [0.4, 0.5) is 0 Å². The van der Waals surface area contributed by atoms with Crippen molar-refractivity contribution >= 4 is 23.0 Å². The number of hydrogen-bond acceptors (Lipinski definition) is 6. The normalized spacial score (nSPS) is 11.0. The zero-order chi connectivity index (χ0) is 21.7. The van der Waals surface area contributed by atoms with Crippen molar-refractivity contribution in [3.8, 4) is 23.0 Å². The van der Waals surface area contributed by atoms with Gasteiger partial charge in [-0.1, -0.05) is 0 Å². The molecule has 2 aromatic carbocycles. The predicted octanol–water partition coefficient (Wildman–Crippen LogP) is 3.20. The minimum Gasteiger partial charge on any atom is -0.497 e. The minimum absolute atomic E-state index is 0.180. The van der Waals surface area contributed by atoms with Gasteiger partial charge in [0.25, 0.3) is 0 Å². The van der Waals surface area contributed by atoms with E-state index >= 15 is 0 Å². The first-order chi connectivity index (χ1) is 14.5. The lowest BCUT2D eigenvalue weighted by molar-refractivity contribution is -0.120. The summed E-state index contributed by atoms with van der Waals surface area (Å²) in [5.41, 5.74) is 5.99. The molecule has 8 heteroatoms. The van der Waals surface area contributed by atoms with E-state index in [0.717, 1.165) is 27.9 Å². The minimum atomic E-state index is -0.238. The Balaban J connectivity index is 1.76. The first kappa shape index (κ1) is 21.0. The zero-order valence-electron chi connectivity index (χ0n) is 17.7. The monoisotopic (exact) mass is 411 g/mol. The Labute approximate surface area is 174 Å². The lowest BCUT2D eigenvalue weighted by Crippen LogP contribution is -2.20. The summed E-state index contributed by atoms with van der Waals surface area (Å²) in [5.74, 6) is 2.12. The average molecular weight is 411 g/mol. The predicted molar refractivity (Wildman–Crippen MR) is 115 cm³/mol. The van der Waals surface area contributed by atoms with Crippen molar-refractivity contribution in [2.45, 2.75) is 13.3 Å². The first-order valence-electron chi connectivity index (χ1n) is 9.27. The van der Waals surface area contributed by atoms with E-state index in [-0.39, 0.29) is 12.3 Å². The van der Waals surface area contributed by atoms with Gasteiger partial charge in [-0.15, -0.1) is 0 Å². The van der Waals surface area contributed by atoms with E-state index in [1.807, 2.05) is 25.1 Å². The second kappa shape index (κ2) is 9.21. The number of carbonyl (C=O) groups excluding carboxylic acids is 1. The van der Waals surface area contributed by atoms with E-state index in [2.05, 4.69) is 15.5 Å². The molecule has 158 valence electrons. The number of hydrazone groups is 1. The number of fused-ring (bicyclic) bond motifs is 1. The van der Waals surface area contributed by atoms with Gasteiger partial charge >= 0.3 is 0 Å². The van der Waals surface area contributed by atoms with Crippen LogP contribution in [0.25, 0.3) is 10.9 Å². The summed E-state index contributed by atoms with van der Waals surface area (Å²) in [4.78, 5) is 15.8. The number of carbonyl (C=O) groups is 1. The average Bonchev–Trinajstić information content (AvgIpc) is 3.07. The molecule has 1 amide bonds. The number of ether oxygens (including phenoxy) is 4. The molecule has 0 fully saturated rings. The van der Waals surface area contributed by atoms with E-state index in [9.17, 15) is 4.79 Å². The maximum Gasteiger partial charge on any atom is 0.244 e. The Morgan fingerprint density at radius 3 is 2.37 bits per heavy atom. The highest BCUT2D eigenvalue weighted by Gasteiger charge is 2.14. The Kier molecular flexibility index (Phi) is 6.46. The lowest BCUT2D eigenvalue weighted by atomic mass is 10.1. The van der Waals surface area contributed by atoms with Crippen molar-refractivity contribution in [3.63, 3.8) is 0 Å². The smallest absolute Gasteiger partial charge is 0.244 e. The number of H-pyrrole nitrogens is 1. The summed E-state index contributed by atoms with van der Waals surface area (Å²) in [5, 5.41) is 5.02. The van der Waals surface area contributed by atoms with Gasteiger partial charge in [-0.25, -0.2) is 5.43 Å². The van der Waals surface area contributed by atoms with Gasteiger partial charge in [-0.3, -0.25) is 4.79 Å². The topological polar surface area (TPSA) is 94.2 Å². The third-order valence-electron chi connectivity index (χ3n) is 4.79. The van der Waals surface area contributed by atoms with Gasteiger partial charge in [0.2, 0.25) is 5.91 Å². The van der Waals surface area contributed by atoms with Gasteiger partial charge in [0.05, 0.1) is 41.1 Å². The van der Waals surface area contributed by atoms with Crippen molar-refractivity contribution in [1.82, 2.24) is 10.4 Å². The van der Waals surface area contributed by atoms with Crippen molar-refractivity contribution < 1.29 is 23.7 Å². The molecule has 1 aromatic heterocycles. The molecule has 1 heterocycles. The molecule has 0 atom stereocenters. The van der Waals surface area contributed by atoms with Gasteiger partial charge in [0.1, 0.15) is 11.5 Å². The molecular weight excluding hydrogens is 386 g/mol. The van der Waals surface area contributed by atoms with Crippen molar-refractivity contribution in [3.05, 3.63) is 47.2 Å². The van der Waals surface area contributed by atoms with Crippen LogP contribution in [-0.4, -0.2) is 45.5 Å². The fraction of sp³-hybridized carbons (Fsp3) is 0.273. The fourth-order valence-electron chi connectivity index (χ4n) is 3.24. The molecular formula is C22H25N3O5. The summed E-state index contributed by atoms with van der Waals surface area (Å²) in [6.07, 6.45) is 1.68. The van der Waals surface area contributed by atoms with E-state index in [1.54, 1.807) is 40.6 Å². The van der Waals surface area contributed by atoms with Crippen LogP contribution in [0.2, 0.25) is 0 Å².